The molecule has 10 heteroatoms. The van der Waals surface area contributed by atoms with Crippen molar-refractivity contribution in [1.29, 1.82) is 0 Å². The van der Waals surface area contributed by atoms with Crippen LogP contribution in [0, 0.1) is 10.1 Å². The zero-order valence-electron chi connectivity index (χ0n) is 14.6. The highest BCUT2D eigenvalue weighted by atomic mass is 16.6. The maximum Gasteiger partial charge on any atom is 0.329 e. The van der Waals surface area contributed by atoms with Crippen molar-refractivity contribution in [2.75, 3.05) is 27.9 Å². The topological polar surface area (TPSA) is 134 Å². The van der Waals surface area contributed by atoms with Crippen LogP contribution in [0.3, 0.4) is 0 Å². The third-order valence-electron chi connectivity index (χ3n) is 3.60. The van der Waals surface area contributed by atoms with Gasteiger partial charge in [-0.15, -0.1) is 0 Å². The molecular formula is C16H20N2O8. The first-order valence-corrected chi connectivity index (χ1v) is 7.51. The molecule has 0 saturated carbocycles. The SMILES string of the molecule is COCC(=O)N[C@@H](C(=O)OC)[C@H](CC(=O)OC)c1ccc([N+](=O)[O-])cc1. The molecule has 1 aromatic carbocycles. The lowest BCUT2D eigenvalue weighted by Crippen LogP contribution is -2.47. The summed E-state index contributed by atoms with van der Waals surface area (Å²) in [5, 5.41) is 13.3. The largest absolute Gasteiger partial charge is 0.469 e. The number of rotatable bonds is 9. The Bertz CT molecular complexity index is 659. The maximum atomic E-state index is 12.2. The quantitative estimate of drug-likeness (QED) is 0.379. The predicted molar refractivity (Wildman–Crippen MR) is 88.3 cm³/mol. The van der Waals surface area contributed by atoms with Crippen LogP contribution in [-0.4, -0.2) is 56.7 Å². The summed E-state index contributed by atoms with van der Waals surface area (Å²) in [5.41, 5.74) is 0.276. The molecule has 0 bridgehead atoms. The number of esters is 2. The molecule has 1 aromatic rings. The molecule has 0 saturated heterocycles. The minimum absolute atomic E-state index is 0.149. The number of amides is 1. The first-order valence-electron chi connectivity index (χ1n) is 7.51. The van der Waals surface area contributed by atoms with Crippen LogP contribution in [0.4, 0.5) is 5.69 Å². The maximum absolute atomic E-state index is 12.2. The number of nitrogens with one attached hydrogen (secondary N) is 1. The second kappa shape index (κ2) is 10.1. The van der Waals surface area contributed by atoms with Gasteiger partial charge in [0.2, 0.25) is 5.91 Å². The lowest BCUT2D eigenvalue weighted by atomic mass is 9.88. The van der Waals surface area contributed by atoms with Crippen molar-refractivity contribution in [2.45, 2.75) is 18.4 Å². The van der Waals surface area contributed by atoms with E-state index in [-0.39, 0.29) is 18.7 Å². The van der Waals surface area contributed by atoms with Gasteiger partial charge in [0, 0.05) is 25.2 Å². The highest BCUT2D eigenvalue weighted by Crippen LogP contribution is 2.27. The highest BCUT2D eigenvalue weighted by Gasteiger charge is 2.34. The number of methoxy groups -OCH3 is 3. The van der Waals surface area contributed by atoms with Gasteiger partial charge < -0.3 is 19.5 Å². The van der Waals surface area contributed by atoms with Crippen molar-refractivity contribution >= 4 is 23.5 Å². The fraction of sp³-hybridized carbons (Fsp3) is 0.438. The molecule has 0 radical (unpaired) electrons. The van der Waals surface area contributed by atoms with Gasteiger partial charge in [-0.25, -0.2) is 4.79 Å². The van der Waals surface area contributed by atoms with Gasteiger partial charge >= 0.3 is 11.9 Å². The molecule has 0 aromatic heterocycles. The molecule has 0 unspecified atom stereocenters. The van der Waals surface area contributed by atoms with E-state index in [0.717, 1.165) is 7.11 Å². The van der Waals surface area contributed by atoms with Crippen LogP contribution < -0.4 is 5.32 Å². The van der Waals surface area contributed by atoms with Gasteiger partial charge in [0.05, 0.1) is 25.6 Å². The number of carbonyl (C=O) groups excluding carboxylic acids is 3. The molecule has 2 atom stereocenters. The molecule has 0 fully saturated rings. The van der Waals surface area contributed by atoms with Gasteiger partial charge in [0.15, 0.2) is 0 Å². The molecular weight excluding hydrogens is 348 g/mol. The fourth-order valence-corrected chi connectivity index (χ4v) is 2.33. The molecule has 0 aliphatic heterocycles. The average molecular weight is 368 g/mol. The van der Waals surface area contributed by atoms with Crippen LogP contribution in [0.15, 0.2) is 24.3 Å². The normalized spacial score (nSPS) is 12.6. The Morgan fingerprint density at radius 2 is 1.73 bits per heavy atom. The van der Waals surface area contributed by atoms with Gasteiger partial charge in [-0.2, -0.15) is 0 Å². The van der Waals surface area contributed by atoms with Gasteiger partial charge in [-0.3, -0.25) is 19.7 Å². The van der Waals surface area contributed by atoms with Gasteiger partial charge in [-0.05, 0) is 5.56 Å². The Morgan fingerprint density at radius 3 is 2.19 bits per heavy atom. The summed E-state index contributed by atoms with van der Waals surface area (Å²) in [6.07, 6.45) is -0.249. The van der Waals surface area contributed by atoms with Gasteiger partial charge in [-0.1, -0.05) is 12.1 Å². The van der Waals surface area contributed by atoms with Crippen molar-refractivity contribution in [3.63, 3.8) is 0 Å². The van der Waals surface area contributed by atoms with Crippen molar-refractivity contribution in [3.8, 4) is 0 Å². The van der Waals surface area contributed by atoms with Crippen molar-refractivity contribution < 1.29 is 33.5 Å². The monoisotopic (exact) mass is 368 g/mol. The van der Waals surface area contributed by atoms with Crippen molar-refractivity contribution in [3.05, 3.63) is 39.9 Å². The smallest absolute Gasteiger partial charge is 0.329 e. The molecule has 1 N–H and O–H groups in total. The molecule has 0 heterocycles. The standard InChI is InChI=1S/C16H20N2O8/c1-24-9-13(19)17-15(16(21)26-3)12(8-14(20)25-2)10-4-6-11(7-5-10)18(22)23/h4-7,12,15H,8-9H2,1-3H3,(H,17,19)/t12-,15-/m1/s1. The zero-order valence-corrected chi connectivity index (χ0v) is 14.6. The number of nitro groups is 1. The third-order valence-corrected chi connectivity index (χ3v) is 3.60. The number of hydrogen-bond donors (Lipinski definition) is 1. The lowest BCUT2D eigenvalue weighted by Gasteiger charge is -2.25. The van der Waals surface area contributed by atoms with Crippen molar-refractivity contribution in [2.24, 2.45) is 0 Å². The minimum Gasteiger partial charge on any atom is -0.469 e. The fourth-order valence-electron chi connectivity index (χ4n) is 2.33. The van der Waals surface area contributed by atoms with Crippen molar-refractivity contribution in [1.82, 2.24) is 5.32 Å². The Balaban J connectivity index is 3.24. The number of ether oxygens (including phenoxy) is 3. The van der Waals surface area contributed by atoms with Crippen LogP contribution in [0.2, 0.25) is 0 Å². The van der Waals surface area contributed by atoms with E-state index in [1.54, 1.807) is 0 Å². The summed E-state index contributed by atoms with van der Waals surface area (Å²) in [5.74, 6) is -2.83. The summed E-state index contributed by atoms with van der Waals surface area (Å²) in [4.78, 5) is 46.0. The molecule has 0 spiro atoms. The number of carbonyl (C=O) groups is 3. The van der Waals surface area contributed by atoms with E-state index < -0.39 is 34.7 Å². The Labute approximate surface area is 149 Å². The van der Waals surface area contributed by atoms with Crippen LogP contribution in [0.5, 0.6) is 0 Å². The number of hydrogen-bond acceptors (Lipinski definition) is 8. The van der Waals surface area contributed by atoms with Crippen LogP contribution in [0.1, 0.15) is 17.9 Å². The molecule has 1 rings (SSSR count). The van der Waals surface area contributed by atoms with E-state index in [4.69, 9.17) is 9.47 Å². The molecule has 26 heavy (non-hydrogen) atoms. The zero-order chi connectivity index (χ0) is 19.7. The van der Waals surface area contributed by atoms with E-state index in [1.165, 1.54) is 38.5 Å². The Hall–Kier alpha value is -3.01. The number of benzene rings is 1. The summed E-state index contributed by atoms with van der Waals surface area (Å²) in [6.45, 7) is -0.293. The second-order valence-electron chi connectivity index (χ2n) is 5.24. The summed E-state index contributed by atoms with van der Waals surface area (Å²) >= 11 is 0. The first-order chi connectivity index (χ1) is 12.3. The number of nitrogens with zero attached hydrogens (tertiary/aromatic N) is 1. The summed E-state index contributed by atoms with van der Waals surface area (Å²) < 4.78 is 14.1. The van der Waals surface area contributed by atoms with Crippen LogP contribution >= 0.6 is 0 Å². The van der Waals surface area contributed by atoms with Crippen LogP contribution in [-0.2, 0) is 28.6 Å². The Morgan fingerprint density at radius 1 is 1.12 bits per heavy atom. The third kappa shape index (κ3) is 5.81. The lowest BCUT2D eigenvalue weighted by molar-refractivity contribution is -0.384. The van der Waals surface area contributed by atoms with Gasteiger partial charge in [0.1, 0.15) is 12.6 Å². The summed E-state index contributed by atoms with van der Waals surface area (Å²) in [6, 6.07) is 4.09. The average Bonchev–Trinajstić information content (AvgIpc) is 2.63. The van der Waals surface area contributed by atoms with E-state index in [9.17, 15) is 24.5 Å². The molecule has 0 aliphatic carbocycles. The Kier molecular flexibility index (Phi) is 8.16. The van der Waals surface area contributed by atoms with E-state index >= 15 is 0 Å². The molecule has 0 aliphatic rings. The van der Waals surface area contributed by atoms with Crippen LogP contribution in [0.25, 0.3) is 0 Å². The second-order valence-corrected chi connectivity index (χ2v) is 5.24. The van der Waals surface area contributed by atoms with Gasteiger partial charge in [0.25, 0.3) is 5.69 Å². The highest BCUT2D eigenvalue weighted by molar-refractivity contribution is 5.86. The molecule has 1 amide bonds. The minimum atomic E-state index is -1.21. The molecule has 142 valence electrons. The first kappa shape index (κ1) is 21.0. The van der Waals surface area contributed by atoms with E-state index in [0.29, 0.717) is 5.56 Å². The number of non-ortho nitro benzene ring substituents is 1. The number of nitro benzene ring substituents is 1. The summed E-state index contributed by atoms with van der Waals surface area (Å²) in [7, 11) is 3.64. The molecule has 10 nitrogen and oxygen atoms in total. The predicted octanol–water partition coefficient (Wildman–Crippen LogP) is 0.546. The van der Waals surface area contributed by atoms with E-state index in [1.807, 2.05) is 0 Å². The van der Waals surface area contributed by atoms with E-state index in [2.05, 4.69) is 10.1 Å².